The fraction of sp³-hybridized carbons (Fsp3) is 0.462. The summed E-state index contributed by atoms with van der Waals surface area (Å²) in [5.74, 6) is -0.508. The number of halogens is 3. The van der Waals surface area contributed by atoms with Gasteiger partial charge in [0.05, 0.1) is 11.4 Å². The predicted octanol–water partition coefficient (Wildman–Crippen LogP) is 2.05. The summed E-state index contributed by atoms with van der Waals surface area (Å²) in [4.78, 5) is 15.9. The second kappa shape index (κ2) is 7.67. The Kier molecular flexibility index (Phi) is 7.27. The van der Waals surface area contributed by atoms with Crippen LogP contribution in [-0.2, 0) is 4.79 Å². The number of benzene rings is 1. The summed E-state index contributed by atoms with van der Waals surface area (Å²) in [6.45, 7) is 3.43. The molecule has 1 aliphatic rings. The van der Waals surface area contributed by atoms with Crippen molar-refractivity contribution in [2.75, 3.05) is 36.5 Å². The van der Waals surface area contributed by atoms with Crippen LogP contribution < -0.4 is 15.5 Å². The van der Waals surface area contributed by atoms with Crippen molar-refractivity contribution >= 4 is 42.1 Å². The van der Waals surface area contributed by atoms with Gasteiger partial charge < -0.3 is 15.5 Å². The summed E-state index contributed by atoms with van der Waals surface area (Å²) < 4.78 is 13.3. The lowest BCUT2D eigenvalue weighted by Crippen LogP contribution is -2.46. The molecule has 0 fully saturated rings. The van der Waals surface area contributed by atoms with Gasteiger partial charge in [-0.05, 0) is 18.2 Å². The van der Waals surface area contributed by atoms with E-state index < -0.39 is 0 Å². The third-order valence-corrected chi connectivity index (χ3v) is 3.34. The number of hydrogen-bond donors (Lipinski definition) is 1. The number of anilines is 2. The number of rotatable bonds is 2. The number of nitrogens with two attached hydrogens (primary N) is 1. The highest BCUT2D eigenvalue weighted by Crippen LogP contribution is 2.33. The first-order chi connectivity index (χ1) is 8.54. The van der Waals surface area contributed by atoms with Crippen LogP contribution in [0.25, 0.3) is 0 Å². The lowest BCUT2D eigenvalue weighted by Gasteiger charge is -2.36. The normalized spacial score (nSPS) is 14.8. The molecule has 114 valence electrons. The molecular formula is C13H20Cl2FN3O. The van der Waals surface area contributed by atoms with Crippen LogP contribution in [0, 0.1) is 11.7 Å². The molecule has 1 aromatic rings. The number of hydrogen-bond acceptors (Lipinski definition) is 3. The summed E-state index contributed by atoms with van der Waals surface area (Å²) in [6.07, 6.45) is 0. The van der Waals surface area contributed by atoms with E-state index in [1.165, 1.54) is 12.1 Å². The highest BCUT2D eigenvalue weighted by molar-refractivity contribution is 5.99. The molecule has 0 aliphatic carbocycles. The van der Waals surface area contributed by atoms with Gasteiger partial charge in [0.15, 0.2) is 0 Å². The second-order valence-corrected chi connectivity index (χ2v) is 4.68. The SMILES string of the molecule is CC(CN)C(=O)N1CCN(C)c2cc(F)ccc21.Cl.Cl. The van der Waals surface area contributed by atoms with Crippen LogP contribution in [0.5, 0.6) is 0 Å². The van der Waals surface area contributed by atoms with Gasteiger partial charge in [-0.3, -0.25) is 4.79 Å². The number of fused-ring (bicyclic) bond motifs is 1. The van der Waals surface area contributed by atoms with Gasteiger partial charge in [-0.2, -0.15) is 0 Å². The van der Waals surface area contributed by atoms with E-state index in [0.717, 1.165) is 11.4 Å². The van der Waals surface area contributed by atoms with E-state index in [2.05, 4.69) is 0 Å². The molecular weight excluding hydrogens is 304 g/mol. The van der Waals surface area contributed by atoms with Gasteiger partial charge in [-0.1, -0.05) is 6.92 Å². The van der Waals surface area contributed by atoms with E-state index >= 15 is 0 Å². The van der Waals surface area contributed by atoms with Crippen LogP contribution in [0.2, 0.25) is 0 Å². The van der Waals surface area contributed by atoms with Crippen LogP contribution in [0.4, 0.5) is 15.8 Å². The molecule has 7 heteroatoms. The zero-order chi connectivity index (χ0) is 13.3. The largest absolute Gasteiger partial charge is 0.371 e. The van der Waals surface area contributed by atoms with Gasteiger partial charge in [-0.25, -0.2) is 4.39 Å². The van der Waals surface area contributed by atoms with Gasteiger partial charge in [0.25, 0.3) is 0 Å². The molecule has 0 radical (unpaired) electrons. The molecule has 2 rings (SSSR count). The molecule has 0 saturated heterocycles. The minimum absolute atomic E-state index is 0. The van der Waals surface area contributed by atoms with Gasteiger partial charge in [-0.15, -0.1) is 24.8 Å². The molecule has 20 heavy (non-hydrogen) atoms. The topological polar surface area (TPSA) is 49.6 Å². The molecule has 1 atom stereocenters. The molecule has 1 aliphatic heterocycles. The minimum atomic E-state index is -0.290. The quantitative estimate of drug-likeness (QED) is 0.906. The lowest BCUT2D eigenvalue weighted by molar-refractivity contribution is -0.121. The van der Waals surface area contributed by atoms with E-state index in [-0.39, 0.29) is 42.5 Å². The maximum absolute atomic E-state index is 13.3. The Labute approximate surface area is 130 Å². The van der Waals surface area contributed by atoms with Gasteiger partial charge in [0, 0.05) is 32.6 Å². The first kappa shape index (κ1) is 19.0. The van der Waals surface area contributed by atoms with Crippen molar-refractivity contribution in [1.29, 1.82) is 0 Å². The second-order valence-electron chi connectivity index (χ2n) is 4.68. The van der Waals surface area contributed by atoms with E-state index in [4.69, 9.17) is 5.73 Å². The Morgan fingerprint density at radius 3 is 2.60 bits per heavy atom. The number of nitrogens with zero attached hydrogens (tertiary/aromatic N) is 2. The molecule has 1 unspecified atom stereocenters. The maximum Gasteiger partial charge on any atom is 0.231 e. The highest BCUT2D eigenvalue weighted by Gasteiger charge is 2.27. The number of likely N-dealkylation sites (N-methyl/N-ethyl adjacent to an activating group) is 1. The molecule has 0 spiro atoms. The first-order valence-electron chi connectivity index (χ1n) is 6.06. The highest BCUT2D eigenvalue weighted by atomic mass is 35.5. The Morgan fingerprint density at radius 1 is 1.35 bits per heavy atom. The Balaban J connectivity index is 0.00000180. The Hall–Kier alpha value is -1.04. The summed E-state index contributed by atoms with van der Waals surface area (Å²) >= 11 is 0. The monoisotopic (exact) mass is 323 g/mol. The summed E-state index contributed by atoms with van der Waals surface area (Å²) in [6, 6.07) is 4.49. The molecule has 1 amide bonds. The molecule has 0 saturated carbocycles. The Bertz CT molecular complexity index is 473. The molecule has 1 aromatic carbocycles. The van der Waals surface area contributed by atoms with Crippen LogP contribution in [0.3, 0.4) is 0 Å². The number of carbonyl (C=O) groups is 1. The number of amides is 1. The van der Waals surface area contributed by atoms with Crippen molar-refractivity contribution < 1.29 is 9.18 Å². The molecule has 0 bridgehead atoms. The first-order valence-corrected chi connectivity index (χ1v) is 6.06. The fourth-order valence-electron chi connectivity index (χ4n) is 2.12. The van der Waals surface area contributed by atoms with E-state index in [0.29, 0.717) is 19.6 Å². The fourth-order valence-corrected chi connectivity index (χ4v) is 2.12. The summed E-state index contributed by atoms with van der Waals surface area (Å²) in [5, 5.41) is 0. The predicted molar refractivity (Wildman–Crippen MR) is 84.7 cm³/mol. The average Bonchev–Trinajstić information content (AvgIpc) is 2.38. The third kappa shape index (κ3) is 3.53. The minimum Gasteiger partial charge on any atom is -0.371 e. The molecule has 2 N–H and O–H groups in total. The van der Waals surface area contributed by atoms with E-state index in [1.807, 2.05) is 18.9 Å². The summed E-state index contributed by atoms with van der Waals surface area (Å²) in [7, 11) is 1.90. The zero-order valence-corrected chi connectivity index (χ0v) is 13.1. The van der Waals surface area contributed by atoms with E-state index in [1.54, 1.807) is 11.0 Å². The van der Waals surface area contributed by atoms with Crippen LogP contribution >= 0.6 is 24.8 Å². The molecule has 0 aromatic heterocycles. The van der Waals surface area contributed by atoms with Crippen molar-refractivity contribution in [2.45, 2.75) is 6.92 Å². The summed E-state index contributed by atoms with van der Waals surface area (Å²) in [5.41, 5.74) is 7.04. The molecule has 4 nitrogen and oxygen atoms in total. The third-order valence-electron chi connectivity index (χ3n) is 3.34. The van der Waals surface area contributed by atoms with E-state index in [9.17, 15) is 9.18 Å². The smallest absolute Gasteiger partial charge is 0.231 e. The van der Waals surface area contributed by atoms with Crippen LogP contribution in [0.1, 0.15) is 6.92 Å². The Morgan fingerprint density at radius 2 is 2.00 bits per heavy atom. The van der Waals surface area contributed by atoms with Crippen molar-refractivity contribution in [2.24, 2.45) is 11.7 Å². The zero-order valence-electron chi connectivity index (χ0n) is 11.5. The average molecular weight is 324 g/mol. The van der Waals surface area contributed by atoms with Crippen molar-refractivity contribution in [1.82, 2.24) is 0 Å². The maximum atomic E-state index is 13.3. The molecule has 1 heterocycles. The van der Waals surface area contributed by atoms with Gasteiger partial charge in [0.2, 0.25) is 5.91 Å². The number of carbonyl (C=O) groups excluding carboxylic acids is 1. The van der Waals surface area contributed by atoms with Crippen molar-refractivity contribution in [3.63, 3.8) is 0 Å². The lowest BCUT2D eigenvalue weighted by atomic mass is 10.1. The van der Waals surface area contributed by atoms with Crippen LogP contribution in [0.15, 0.2) is 18.2 Å². The van der Waals surface area contributed by atoms with Gasteiger partial charge in [0.1, 0.15) is 5.82 Å². The van der Waals surface area contributed by atoms with Crippen molar-refractivity contribution in [3.8, 4) is 0 Å². The van der Waals surface area contributed by atoms with Crippen LogP contribution in [-0.4, -0.2) is 32.6 Å². The standard InChI is InChI=1S/C13H18FN3O.2ClH/c1-9(8-15)13(18)17-6-5-16(2)12-7-10(14)3-4-11(12)17;;/h3-4,7,9H,5-6,8,15H2,1-2H3;2*1H. The van der Waals surface area contributed by atoms with Crippen molar-refractivity contribution in [3.05, 3.63) is 24.0 Å². The van der Waals surface area contributed by atoms with Gasteiger partial charge >= 0.3 is 0 Å².